The summed E-state index contributed by atoms with van der Waals surface area (Å²) < 4.78 is 1.35. The molecule has 20 heavy (non-hydrogen) atoms. The van der Waals surface area contributed by atoms with Crippen LogP contribution in [0.25, 0.3) is 16.6 Å². The Morgan fingerprint density at radius 1 is 1.30 bits per heavy atom. The molecular formula is C13H10N4O3. The number of benzene rings is 1. The molecule has 0 amide bonds. The number of nitrogen functional groups attached to an aromatic ring is 1. The second-order valence-electron chi connectivity index (χ2n) is 4.19. The minimum Gasteiger partial charge on any atom is -0.494 e. The van der Waals surface area contributed by atoms with Gasteiger partial charge in [-0.25, -0.2) is 4.68 Å². The van der Waals surface area contributed by atoms with Crippen LogP contribution in [0.5, 0.6) is 5.88 Å². The molecule has 3 rings (SSSR count). The summed E-state index contributed by atoms with van der Waals surface area (Å²) in [5, 5.41) is 13.8. The maximum Gasteiger partial charge on any atom is 0.264 e. The average molecular weight is 270 g/mol. The molecule has 0 unspecified atom stereocenters. The number of fused-ring (bicyclic) bond motifs is 1. The molecule has 0 aliphatic rings. The zero-order valence-electron chi connectivity index (χ0n) is 10.2. The van der Waals surface area contributed by atoms with Crippen molar-refractivity contribution in [1.82, 2.24) is 14.8 Å². The molecule has 1 aromatic carbocycles. The molecule has 100 valence electrons. The van der Waals surface area contributed by atoms with Crippen molar-refractivity contribution in [2.75, 3.05) is 5.73 Å². The molecule has 2 heterocycles. The van der Waals surface area contributed by atoms with E-state index in [4.69, 9.17) is 5.73 Å². The summed E-state index contributed by atoms with van der Waals surface area (Å²) >= 11 is 0. The lowest BCUT2D eigenvalue weighted by atomic mass is 10.2. The number of aromatic hydroxyl groups is 1. The Bertz CT molecular complexity index is 865. The molecule has 0 radical (unpaired) electrons. The van der Waals surface area contributed by atoms with Crippen LogP contribution in [-0.2, 0) is 0 Å². The summed E-state index contributed by atoms with van der Waals surface area (Å²) in [5.41, 5.74) is 5.96. The number of aromatic amines is 1. The lowest BCUT2D eigenvalue weighted by Crippen LogP contribution is -2.09. The first-order valence-electron chi connectivity index (χ1n) is 5.77. The molecular weight excluding hydrogens is 260 g/mol. The number of nitrogens with one attached hydrogen (secondary N) is 1. The number of carbonyl (C=O) groups is 1. The van der Waals surface area contributed by atoms with Crippen molar-refractivity contribution in [2.45, 2.75) is 0 Å². The Kier molecular flexibility index (Phi) is 2.53. The minimum absolute atomic E-state index is 0.0719. The molecule has 7 heteroatoms. The number of pyridine rings is 1. The number of nitrogens with two attached hydrogens (primary N) is 1. The van der Waals surface area contributed by atoms with Crippen molar-refractivity contribution in [1.29, 1.82) is 0 Å². The van der Waals surface area contributed by atoms with Crippen molar-refractivity contribution in [3.05, 3.63) is 46.2 Å². The maximum absolute atomic E-state index is 11.9. The third-order valence-electron chi connectivity index (χ3n) is 3.01. The summed E-state index contributed by atoms with van der Waals surface area (Å²) in [7, 11) is 0. The maximum atomic E-state index is 11.9. The van der Waals surface area contributed by atoms with Gasteiger partial charge in [-0.1, -0.05) is 18.2 Å². The van der Waals surface area contributed by atoms with Gasteiger partial charge in [-0.2, -0.15) is 5.10 Å². The van der Waals surface area contributed by atoms with Gasteiger partial charge in [-0.15, -0.1) is 0 Å². The monoisotopic (exact) mass is 270 g/mol. The summed E-state index contributed by atoms with van der Waals surface area (Å²) in [6.07, 6.45) is 0.426. The Labute approximate surface area is 112 Å². The second-order valence-corrected chi connectivity index (χ2v) is 4.19. The molecule has 0 aliphatic heterocycles. The Morgan fingerprint density at radius 3 is 2.65 bits per heavy atom. The molecule has 7 nitrogen and oxygen atoms in total. The average Bonchev–Trinajstić information content (AvgIpc) is 2.78. The highest BCUT2D eigenvalue weighted by Crippen LogP contribution is 2.25. The number of aldehydes is 1. The number of aromatic nitrogens is 3. The van der Waals surface area contributed by atoms with Crippen molar-refractivity contribution in [3.8, 4) is 11.6 Å². The molecule has 0 spiro atoms. The number of para-hydroxylation sites is 1. The summed E-state index contributed by atoms with van der Waals surface area (Å²) in [6, 6.07) is 8.94. The number of anilines is 1. The van der Waals surface area contributed by atoms with Crippen molar-refractivity contribution in [3.63, 3.8) is 0 Å². The van der Waals surface area contributed by atoms with Gasteiger partial charge < -0.3 is 10.8 Å². The Hall–Kier alpha value is -3.09. The molecule has 0 aliphatic carbocycles. The summed E-state index contributed by atoms with van der Waals surface area (Å²) in [6.45, 7) is 0. The molecule has 2 aromatic heterocycles. The van der Waals surface area contributed by atoms with E-state index in [0.29, 0.717) is 12.0 Å². The predicted molar refractivity (Wildman–Crippen MR) is 73.2 cm³/mol. The first-order chi connectivity index (χ1) is 9.63. The topological polar surface area (TPSA) is 114 Å². The van der Waals surface area contributed by atoms with Gasteiger partial charge in [0.05, 0.1) is 5.69 Å². The lowest BCUT2D eigenvalue weighted by molar-refractivity contribution is 0.112. The van der Waals surface area contributed by atoms with Gasteiger partial charge in [0.15, 0.2) is 6.29 Å². The van der Waals surface area contributed by atoms with Gasteiger partial charge in [0.1, 0.15) is 22.3 Å². The van der Waals surface area contributed by atoms with E-state index in [0.717, 1.165) is 0 Å². The van der Waals surface area contributed by atoms with E-state index in [-0.39, 0.29) is 22.3 Å². The SMILES string of the molecule is Nc1c2c(=O)[nH]c(O)c(C=O)c2nn1-c1ccccc1. The smallest absolute Gasteiger partial charge is 0.264 e. The number of hydrogen-bond donors (Lipinski definition) is 3. The highest BCUT2D eigenvalue weighted by molar-refractivity contribution is 6.01. The predicted octanol–water partition coefficient (Wildman–Crippen LogP) is 0.814. The standard InChI is InChI=1S/C13H10N4O3/c14-11-9-10(8(6-18)12(19)15-13(9)20)16-17(11)7-4-2-1-3-5-7/h1-6,19H,14H2,(H,15,20). The van der Waals surface area contributed by atoms with E-state index in [1.165, 1.54) is 4.68 Å². The van der Waals surface area contributed by atoms with Crippen LogP contribution >= 0.6 is 0 Å². The van der Waals surface area contributed by atoms with Crippen molar-refractivity contribution in [2.24, 2.45) is 0 Å². The largest absolute Gasteiger partial charge is 0.494 e. The number of nitrogens with zero attached hydrogens (tertiary/aromatic N) is 2. The van der Waals surface area contributed by atoms with E-state index < -0.39 is 11.4 Å². The zero-order chi connectivity index (χ0) is 14.3. The van der Waals surface area contributed by atoms with E-state index in [9.17, 15) is 14.7 Å². The van der Waals surface area contributed by atoms with Gasteiger partial charge in [0.25, 0.3) is 5.56 Å². The van der Waals surface area contributed by atoms with Crippen LogP contribution in [0.2, 0.25) is 0 Å². The second kappa shape index (κ2) is 4.23. The third kappa shape index (κ3) is 1.57. The molecule has 3 aromatic rings. The first kappa shape index (κ1) is 12.0. The Morgan fingerprint density at radius 2 is 2.00 bits per heavy atom. The lowest BCUT2D eigenvalue weighted by Gasteiger charge is -2.02. The fourth-order valence-corrected chi connectivity index (χ4v) is 2.07. The number of carbonyl (C=O) groups excluding carboxylic acids is 1. The summed E-state index contributed by atoms with van der Waals surface area (Å²) in [5.74, 6) is -0.411. The number of hydrogen-bond acceptors (Lipinski definition) is 5. The van der Waals surface area contributed by atoms with Crippen LogP contribution in [-0.4, -0.2) is 26.2 Å². The summed E-state index contributed by atoms with van der Waals surface area (Å²) in [4.78, 5) is 25.1. The zero-order valence-corrected chi connectivity index (χ0v) is 10.2. The molecule has 4 N–H and O–H groups in total. The number of rotatable bonds is 2. The van der Waals surface area contributed by atoms with Crippen LogP contribution in [0.3, 0.4) is 0 Å². The van der Waals surface area contributed by atoms with Crippen molar-refractivity contribution >= 4 is 23.0 Å². The molecule has 0 fully saturated rings. The van der Waals surface area contributed by atoms with Gasteiger partial charge in [-0.05, 0) is 12.1 Å². The van der Waals surface area contributed by atoms with Crippen LogP contribution < -0.4 is 11.3 Å². The molecule has 0 atom stereocenters. The number of H-pyrrole nitrogens is 1. The van der Waals surface area contributed by atoms with E-state index in [2.05, 4.69) is 10.1 Å². The normalized spacial score (nSPS) is 10.8. The molecule has 0 saturated carbocycles. The minimum atomic E-state index is -0.595. The van der Waals surface area contributed by atoms with E-state index in [1.54, 1.807) is 24.3 Å². The van der Waals surface area contributed by atoms with Crippen LogP contribution in [0.1, 0.15) is 10.4 Å². The quantitative estimate of drug-likeness (QED) is 0.596. The van der Waals surface area contributed by atoms with Gasteiger partial charge in [0, 0.05) is 0 Å². The van der Waals surface area contributed by atoms with Crippen LogP contribution in [0.4, 0.5) is 5.82 Å². The van der Waals surface area contributed by atoms with Gasteiger partial charge in [-0.3, -0.25) is 14.6 Å². The molecule has 0 bridgehead atoms. The highest BCUT2D eigenvalue weighted by atomic mass is 16.3. The van der Waals surface area contributed by atoms with E-state index in [1.807, 2.05) is 6.07 Å². The highest BCUT2D eigenvalue weighted by Gasteiger charge is 2.19. The van der Waals surface area contributed by atoms with Gasteiger partial charge >= 0.3 is 0 Å². The fourth-order valence-electron chi connectivity index (χ4n) is 2.07. The fraction of sp³-hybridized carbons (Fsp3) is 0. The van der Waals surface area contributed by atoms with Gasteiger partial charge in [0.2, 0.25) is 5.88 Å². The third-order valence-corrected chi connectivity index (χ3v) is 3.01. The van der Waals surface area contributed by atoms with Crippen LogP contribution in [0.15, 0.2) is 35.1 Å². The van der Waals surface area contributed by atoms with Crippen LogP contribution in [0, 0.1) is 0 Å². The Balaban J connectivity index is 2.44. The molecule has 0 saturated heterocycles. The van der Waals surface area contributed by atoms with Crippen molar-refractivity contribution < 1.29 is 9.90 Å². The first-order valence-corrected chi connectivity index (χ1v) is 5.77. The van der Waals surface area contributed by atoms with E-state index >= 15 is 0 Å².